The molecule has 0 aromatic heterocycles. The first kappa shape index (κ1) is 8.55. The number of nitrogen functional groups attached to an aromatic ring is 2. The van der Waals surface area contributed by atoms with Crippen molar-refractivity contribution >= 4 is 17.2 Å². The summed E-state index contributed by atoms with van der Waals surface area (Å²) in [5.74, 6) is 5.15. The third kappa shape index (κ3) is 1.54. The van der Waals surface area contributed by atoms with E-state index in [-0.39, 0.29) is 5.78 Å². The molecule has 1 aromatic carbocycles. The van der Waals surface area contributed by atoms with E-state index in [1.165, 1.54) is 6.92 Å². The molecule has 5 N–H and O–H groups in total. The summed E-state index contributed by atoms with van der Waals surface area (Å²) in [5.41, 5.74) is 9.69. The molecule has 0 amide bonds. The second kappa shape index (κ2) is 3.23. The number of carbonyl (C=O) groups is 1. The highest BCUT2D eigenvalue weighted by Gasteiger charge is 2.01. The molecule has 0 unspecified atom stereocenters. The lowest BCUT2D eigenvalue weighted by molar-refractivity contribution is 0.101. The first-order valence-electron chi connectivity index (χ1n) is 3.52. The molecule has 0 heterocycles. The Kier molecular flexibility index (Phi) is 2.30. The first-order chi connectivity index (χ1) is 5.65. The van der Waals surface area contributed by atoms with Crippen molar-refractivity contribution in [2.75, 3.05) is 11.2 Å². The fourth-order valence-corrected chi connectivity index (χ4v) is 0.913. The number of hydrogen-bond acceptors (Lipinski definition) is 4. The fourth-order valence-electron chi connectivity index (χ4n) is 0.913. The highest BCUT2D eigenvalue weighted by atomic mass is 16.1. The summed E-state index contributed by atoms with van der Waals surface area (Å²) in [6.07, 6.45) is 0. The summed E-state index contributed by atoms with van der Waals surface area (Å²) >= 11 is 0. The van der Waals surface area contributed by atoms with E-state index in [0.29, 0.717) is 16.9 Å². The van der Waals surface area contributed by atoms with Crippen LogP contribution in [0.1, 0.15) is 17.3 Å². The standard InChI is InChI=1S/C8H11N3O/c1-5(12)6-2-3-8(11-10)7(9)4-6/h2-4,11H,9-10H2,1H3. The maximum atomic E-state index is 10.9. The normalized spacial score (nSPS) is 9.50. The number of anilines is 2. The van der Waals surface area contributed by atoms with Gasteiger partial charge in [-0.3, -0.25) is 10.6 Å². The molecule has 0 radical (unpaired) electrons. The van der Waals surface area contributed by atoms with Crippen LogP contribution < -0.4 is 17.0 Å². The van der Waals surface area contributed by atoms with E-state index in [0.717, 1.165) is 0 Å². The molecule has 0 bridgehead atoms. The molecule has 0 aliphatic rings. The van der Waals surface area contributed by atoms with Gasteiger partial charge in [0, 0.05) is 5.56 Å². The Balaban J connectivity index is 3.10. The smallest absolute Gasteiger partial charge is 0.159 e. The molecule has 0 spiro atoms. The van der Waals surface area contributed by atoms with Crippen molar-refractivity contribution in [2.24, 2.45) is 5.84 Å². The van der Waals surface area contributed by atoms with Crippen molar-refractivity contribution in [3.05, 3.63) is 23.8 Å². The van der Waals surface area contributed by atoms with Crippen molar-refractivity contribution < 1.29 is 4.79 Å². The van der Waals surface area contributed by atoms with E-state index < -0.39 is 0 Å². The zero-order chi connectivity index (χ0) is 9.14. The second-order valence-corrected chi connectivity index (χ2v) is 2.50. The van der Waals surface area contributed by atoms with Gasteiger partial charge in [-0.15, -0.1) is 0 Å². The SMILES string of the molecule is CC(=O)c1ccc(NN)c(N)c1. The minimum Gasteiger partial charge on any atom is -0.397 e. The van der Waals surface area contributed by atoms with Gasteiger partial charge in [0.25, 0.3) is 0 Å². The molecule has 4 heteroatoms. The molecule has 4 nitrogen and oxygen atoms in total. The molecule has 64 valence electrons. The molecule has 12 heavy (non-hydrogen) atoms. The third-order valence-electron chi connectivity index (χ3n) is 1.61. The van der Waals surface area contributed by atoms with Gasteiger partial charge in [0.05, 0.1) is 11.4 Å². The summed E-state index contributed by atoms with van der Waals surface area (Å²) in [7, 11) is 0. The Morgan fingerprint density at radius 1 is 1.50 bits per heavy atom. The number of carbonyl (C=O) groups excluding carboxylic acids is 1. The molecular formula is C8H11N3O. The number of rotatable bonds is 2. The van der Waals surface area contributed by atoms with Crippen LogP contribution in [0.15, 0.2) is 18.2 Å². The average molecular weight is 165 g/mol. The molecule has 1 rings (SSSR count). The summed E-state index contributed by atoms with van der Waals surface area (Å²) < 4.78 is 0. The third-order valence-corrected chi connectivity index (χ3v) is 1.61. The van der Waals surface area contributed by atoms with Crippen molar-refractivity contribution in [2.45, 2.75) is 6.92 Å². The van der Waals surface area contributed by atoms with Crippen molar-refractivity contribution in [1.82, 2.24) is 0 Å². The van der Waals surface area contributed by atoms with Crippen LogP contribution in [0, 0.1) is 0 Å². The van der Waals surface area contributed by atoms with Crippen LogP contribution in [0.4, 0.5) is 11.4 Å². The molecule has 0 fully saturated rings. The van der Waals surface area contributed by atoms with E-state index in [9.17, 15) is 4.79 Å². The lowest BCUT2D eigenvalue weighted by Crippen LogP contribution is -2.09. The predicted octanol–water partition coefficient (Wildman–Crippen LogP) is 0.757. The molecule has 0 aliphatic heterocycles. The van der Waals surface area contributed by atoms with Gasteiger partial charge in [-0.2, -0.15) is 0 Å². The van der Waals surface area contributed by atoms with Gasteiger partial charge >= 0.3 is 0 Å². The number of nitrogens with one attached hydrogen (secondary N) is 1. The van der Waals surface area contributed by atoms with Gasteiger partial charge in [-0.05, 0) is 25.1 Å². The molecule has 0 saturated heterocycles. The van der Waals surface area contributed by atoms with Gasteiger partial charge < -0.3 is 11.2 Å². The van der Waals surface area contributed by atoms with Crippen molar-refractivity contribution in [1.29, 1.82) is 0 Å². The van der Waals surface area contributed by atoms with Crippen LogP contribution in [-0.2, 0) is 0 Å². The minimum atomic E-state index is -0.00901. The maximum Gasteiger partial charge on any atom is 0.159 e. The lowest BCUT2D eigenvalue weighted by atomic mass is 10.1. The van der Waals surface area contributed by atoms with Gasteiger partial charge in [-0.1, -0.05) is 0 Å². The lowest BCUT2D eigenvalue weighted by Gasteiger charge is -2.04. The molecule has 0 aliphatic carbocycles. The van der Waals surface area contributed by atoms with Crippen LogP contribution in [0.3, 0.4) is 0 Å². The van der Waals surface area contributed by atoms with E-state index in [4.69, 9.17) is 11.6 Å². The van der Waals surface area contributed by atoms with Crippen LogP contribution in [-0.4, -0.2) is 5.78 Å². The van der Waals surface area contributed by atoms with E-state index in [1.807, 2.05) is 0 Å². The van der Waals surface area contributed by atoms with Crippen molar-refractivity contribution in [3.8, 4) is 0 Å². The number of ketones is 1. The Labute approximate surface area is 70.5 Å². The van der Waals surface area contributed by atoms with Gasteiger partial charge in [0.2, 0.25) is 0 Å². The quantitative estimate of drug-likeness (QED) is 0.261. The van der Waals surface area contributed by atoms with Crippen molar-refractivity contribution in [3.63, 3.8) is 0 Å². The monoisotopic (exact) mass is 165 g/mol. The van der Waals surface area contributed by atoms with Crippen LogP contribution >= 0.6 is 0 Å². The summed E-state index contributed by atoms with van der Waals surface area (Å²) in [6.45, 7) is 1.49. The second-order valence-electron chi connectivity index (χ2n) is 2.50. The number of Topliss-reactive ketones (excluding diaryl/α,β-unsaturated/α-hetero) is 1. The largest absolute Gasteiger partial charge is 0.397 e. The number of hydrazine groups is 1. The van der Waals surface area contributed by atoms with Gasteiger partial charge in [-0.25, -0.2) is 0 Å². The summed E-state index contributed by atoms with van der Waals surface area (Å²) in [6, 6.07) is 4.94. The van der Waals surface area contributed by atoms with Crippen LogP contribution in [0.5, 0.6) is 0 Å². The molecule has 0 saturated carbocycles. The Morgan fingerprint density at radius 2 is 2.17 bits per heavy atom. The first-order valence-corrected chi connectivity index (χ1v) is 3.52. The Bertz CT molecular complexity index is 309. The fraction of sp³-hybridized carbons (Fsp3) is 0.125. The average Bonchev–Trinajstić information content (AvgIpc) is 2.04. The zero-order valence-electron chi connectivity index (χ0n) is 6.79. The summed E-state index contributed by atoms with van der Waals surface area (Å²) in [5, 5.41) is 0. The number of nitrogens with two attached hydrogens (primary N) is 2. The Morgan fingerprint density at radius 3 is 2.58 bits per heavy atom. The summed E-state index contributed by atoms with van der Waals surface area (Å²) in [4.78, 5) is 10.9. The Hall–Kier alpha value is -1.55. The zero-order valence-corrected chi connectivity index (χ0v) is 6.79. The highest BCUT2D eigenvalue weighted by Crippen LogP contribution is 2.18. The topological polar surface area (TPSA) is 81.1 Å². The van der Waals surface area contributed by atoms with E-state index in [1.54, 1.807) is 18.2 Å². The minimum absolute atomic E-state index is 0.00901. The molecule has 1 aromatic rings. The van der Waals surface area contributed by atoms with Gasteiger partial charge in [0.15, 0.2) is 5.78 Å². The van der Waals surface area contributed by atoms with E-state index in [2.05, 4.69) is 5.43 Å². The number of benzene rings is 1. The maximum absolute atomic E-state index is 10.9. The highest BCUT2D eigenvalue weighted by molar-refractivity contribution is 5.95. The number of hydrogen-bond donors (Lipinski definition) is 3. The predicted molar refractivity (Wildman–Crippen MR) is 48.7 cm³/mol. The van der Waals surface area contributed by atoms with E-state index >= 15 is 0 Å². The van der Waals surface area contributed by atoms with Crippen LogP contribution in [0.25, 0.3) is 0 Å². The molecular weight excluding hydrogens is 154 g/mol. The van der Waals surface area contributed by atoms with Crippen LogP contribution in [0.2, 0.25) is 0 Å². The molecule has 0 atom stereocenters. The van der Waals surface area contributed by atoms with Gasteiger partial charge in [0.1, 0.15) is 0 Å².